The molecular weight excluding hydrogens is 340 g/mol. The first-order chi connectivity index (χ1) is 12.0. The second kappa shape index (κ2) is 7.56. The highest BCUT2D eigenvalue weighted by Gasteiger charge is 2.26. The van der Waals surface area contributed by atoms with Gasteiger partial charge < -0.3 is 14.5 Å². The second-order valence-electron chi connectivity index (χ2n) is 6.86. The summed E-state index contributed by atoms with van der Waals surface area (Å²) < 4.78 is 5.26. The van der Waals surface area contributed by atoms with Crippen molar-refractivity contribution < 1.29 is 19.1 Å². The van der Waals surface area contributed by atoms with E-state index in [1.165, 1.54) is 11.8 Å². The van der Waals surface area contributed by atoms with E-state index in [-0.39, 0.29) is 18.4 Å². The van der Waals surface area contributed by atoms with E-state index >= 15 is 0 Å². The van der Waals surface area contributed by atoms with E-state index in [4.69, 9.17) is 4.74 Å². The van der Waals surface area contributed by atoms with Gasteiger partial charge in [0.25, 0.3) is 5.91 Å². The molecule has 6 nitrogen and oxygen atoms in total. The molecule has 2 amide bonds. The van der Waals surface area contributed by atoms with Crippen LogP contribution in [0.5, 0.6) is 0 Å². The highest BCUT2D eigenvalue weighted by Crippen LogP contribution is 2.33. The lowest BCUT2D eigenvalue weighted by atomic mass is 9.88. The lowest BCUT2D eigenvalue weighted by Gasteiger charge is -2.34. The topological polar surface area (TPSA) is 66.9 Å². The molecule has 2 aliphatic rings. The summed E-state index contributed by atoms with van der Waals surface area (Å²) in [6.07, 6.45) is 3.02. The van der Waals surface area contributed by atoms with Crippen LogP contribution in [0.25, 0.3) is 0 Å². The lowest BCUT2D eigenvalue weighted by Crippen LogP contribution is -2.51. The van der Waals surface area contributed by atoms with Gasteiger partial charge >= 0.3 is 5.97 Å². The minimum Gasteiger partial charge on any atom is -0.452 e. The molecule has 1 aliphatic heterocycles. The van der Waals surface area contributed by atoms with Gasteiger partial charge in [-0.3, -0.25) is 9.59 Å². The summed E-state index contributed by atoms with van der Waals surface area (Å²) in [5, 5.41) is 1.86. The van der Waals surface area contributed by atoms with Gasteiger partial charge in [-0.25, -0.2) is 4.79 Å². The lowest BCUT2D eigenvalue weighted by molar-refractivity contribution is -0.140. The zero-order valence-corrected chi connectivity index (χ0v) is 15.6. The quantitative estimate of drug-likeness (QED) is 0.766. The van der Waals surface area contributed by atoms with E-state index in [0.717, 1.165) is 24.8 Å². The first-order valence-electron chi connectivity index (χ1n) is 8.75. The van der Waals surface area contributed by atoms with Crippen molar-refractivity contribution in [3.05, 3.63) is 21.4 Å². The monoisotopic (exact) mass is 364 g/mol. The fourth-order valence-electron chi connectivity index (χ4n) is 3.42. The van der Waals surface area contributed by atoms with Gasteiger partial charge in [0.15, 0.2) is 6.61 Å². The van der Waals surface area contributed by atoms with Gasteiger partial charge in [0.2, 0.25) is 5.91 Å². The third kappa shape index (κ3) is 4.03. The van der Waals surface area contributed by atoms with E-state index < -0.39 is 5.97 Å². The Kier molecular flexibility index (Phi) is 5.42. The maximum Gasteiger partial charge on any atom is 0.339 e. The fourth-order valence-corrected chi connectivity index (χ4v) is 4.65. The molecule has 0 N–H and O–H groups in total. The Morgan fingerprint density at radius 1 is 1.20 bits per heavy atom. The third-order valence-corrected chi connectivity index (χ3v) is 6.08. The average Bonchev–Trinajstić information content (AvgIpc) is 3.02. The van der Waals surface area contributed by atoms with E-state index in [9.17, 15) is 14.4 Å². The summed E-state index contributed by atoms with van der Waals surface area (Å²) in [5.74, 6) is 0.0809. The van der Waals surface area contributed by atoms with E-state index in [1.807, 2.05) is 5.38 Å². The van der Waals surface area contributed by atoms with Crippen molar-refractivity contribution in [3.63, 3.8) is 0 Å². The maximum atomic E-state index is 12.3. The second-order valence-corrected chi connectivity index (χ2v) is 7.83. The Morgan fingerprint density at radius 2 is 1.88 bits per heavy atom. The van der Waals surface area contributed by atoms with Crippen molar-refractivity contribution in [3.8, 4) is 0 Å². The average molecular weight is 364 g/mol. The highest BCUT2D eigenvalue weighted by molar-refractivity contribution is 7.10. The molecule has 1 fully saturated rings. The Bertz CT molecular complexity index is 677. The van der Waals surface area contributed by atoms with Crippen LogP contribution in [0.1, 0.15) is 41.1 Å². The van der Waals surface area contributed by atoms with Crippen LogP contribution in [0.2, 0.25) is 0 Å². The number of fused-ring (bicyclic) bond motifs is 1. The van der Waals surface area contributed by atoms with Crippen LogP contribution in [0.15, 0.2) is 5.38 Å². The standard InChI is InChI=1S/C18H24N2O4S/c1-12-3-4-14-15(11-25-16(14)9-12)18(23)24-10-17(22)20-7-5-19(6-8-20)13(2)21/h11-12H,3-10H2,1-2H3/t12-/m1/s1. The molecule has 1 aromatic rings. The van der Waals surface area contributed by atoms with Gasteiger partial charge in [0.1, 0.15) is 0 Å². The maximum absolute atomic E-state index is 12.3. The smallest absolute Gasteiger partial charge is 0.339 e. The van der Waals surface area contributed by atoms with Crippen molar-refractivity contribution in [1.82, 2.24) is 9.80 Å². The Labute approximate surface area is 151 Å². The minimum atomic E-state index is -0.400. The largest absolute Gasteiger partial charge is 0.452 e. The summed E-state index contributed by atoms with van der Waals surface area (Å²) in [5.41, 5.74) is 1.73. The predicted molar refractivity (Wildman–Crippen MR) is 94.6 cm³/mol. The van der Waals surface area contributed by atoms with E-state index in [2.05, 4.69) is 6.92 Å². The zero-order chi connectivity index (χ0) is 18.0. The van der Waals surface area contributed by atoms with Crippen LogP contribution in [-0.2, 0) is 27.2 Å². The predicted octanol–water partition coefficient (Wildman–Crippen LogP) is 1.72. The number of ether oxygens (including phenoxy) is 1. The molecule has 0 saturated carbocycles. The van der Waals surface area contributed by atoms with Crippen LogP contribution in [0, 0.1) is 5.92 Å². The minimum absolute atomic E-state index is 0.0232. The van der Waals surface area contributed by atoms with Crippen LogP contribution >= 0.6 is 11.3 Å². The van der Waals surface area contributed by atoms with Crippen molar-refractivity contribution >= 4 is 29.1 Å². The van der Waals surface area contributed by atoms with Crippen molar-refractivity contribution in [2.75, 3.05) is 32.8 Å². The Hall–Kier alpha value is -1.89. The molecule has 25 heavy (non-hydrogen) atoms. The molecule has 136 valence electrons. The Balaban J connectivity index is 1.51. The number of carbonyl (C=O) groups excluding carboxylic acids is 3. The van der Waals surface area contributed by atoms with Gasteiger partial charge in [-0.15, -0.1) is 11.3 Å². The summed E-state index contributed by atoms with van der Waals surface area (Å²) in [6, 6.07) is 0. The number of rotatable bonds is 3. The molecule has 1 saturated heterocycles. The van der Waals surface area contributed by atoms with Gasteiger partial charge in [0, 0.05) is 43.4 Å². The molecule has 1 aliphatic carbocycles. The molecule has 0 bridgehead atoms. The normalized spacial score (nSPS) is 20.2. The van der Waals surface area contributed by atoms with Crippen molar-refractivity contribution in [2.24, 2.45) is 5.92 Å². The molecule has 2 heterocycles. The van der Waals surface area contributed by atoms with Gasteiger partial charge in [0.05, 0.1) is 5.56 Å². The zero-order valence-electron chi connectivity index (χ0n) is 14.7. The number of thiophene rings is 1. The number of hydrogen-bond acceptors (Lipinski definition) is 5. The number of piperazine rings is 1. The molecule has 1 atom stereocenters. The first kappa shape index (κ1) is 17.9. The van der Waals surface area contributed by atoms with Gasteiger partial charge in [-0.05, 0) is 30.7 Å². The summed E-state index contributed by atoms with van der Waals surface area (Å²) >= 11 is 1.62. The van der Waals surface area contributed by atoms with E-state index in [0.29, 0.717) is 37.7 Å². The number of carbonyl (C=O) groups is 3. The number of esters is 1. The molecule has 3 rings (SSSR count). The van der Waals surface area contributed by atoms with Crippen LogP contribution in [-0.4, -0.2) is 60.4 Å². The van der Waals surface area contributed by atoms with Crippen LogP contribution in [0.3, 0.4) is 0 Å². The highest BCUT2D eigenvalue weighted by atomic mass is 32.1. The van der Waals surface area contributed by atoms with Gasteiger partial charge in [-0.1, -0.05) is 6.92 Å². The molecule has 0 unspecified atom stereocenters. The molecule has 7 heteroatoms. The summed E-state index contributed by atoms with van der Waals surface area (Å²) in [4.78, 5) is 40.5. The van der Waals surface area contributed by atoms with Crippen molar-refractivity contribution in [2.45, 2.75) is 33.1 Å². The molecule has 0 spiro atoms. The van der Waals surface area contributed by atoms with Gasteiger partial charge in [-0.2, -0.15) is 0 Å². The fraction of sp³-hybridized carbons (Fsp3) is 0.611. The molecule has 0 radical (unpaired) electrons. The first-order valence-corrected chi connectivity index (χ1v) is 9.63. The number of nitrogens with zero attached hydrogens (tertiary/aromatic N) is 2. The molecule has 1 aromatic heterocycles. The van der Waals surface area contributed by atoms with Crippen LogP contribution < -0.4 is 0 Å². The molecule has 0 aromatic carbocycles. The van der Waals surface area contributed by atoms with Crippen LogP contribution in [0.4, 0.5) is 0 Å². The summed E-state index contributed by atoms with van der Waals surface area (Å²) in [6.45, 7) is 5.56. The number of hydrogen-bond donors (Lipinski definition) is 0. The molecular formula is C18H24N2O4S. The van der Waals surface area contributed by atoms with E-state index in [1.54, 1.807) is 21.1 Å². The number of amides is 2. The van der Waals surface area contributed by atoms with Crippen molar-refractivity contribution in [1.29, 1.82) is 0 Å². The summed E-state index contributed by atoms with van der Waals surface area (Å²) in [7, 11) is 0. The SMILES string of the molecule is CC(=O)N1CCN(C(=O)COC(=O)c2csc3c2CC[C@@H](C)C3)CC1. The Morgan fingerprint density at radius 3 is 2.56 bits per heavy atom. The third-order valence-electron chi connectivity index (χ3n) is 5.03.